The lowest BCUT2D eigenvalue weighted by Crippen LogP contribution is -2.62. The molecule has 0 amide bonds. The van der Waals surface area contributed by atoms with Gasteiger partial charge >= 0.3 is 0 Å². The van der Waals surface area contributed by atoms with Crippen molar-refractivity contribution in [1.82, 2.24) is 5.32 Å². The van der Waals surface area contributed by atoms with E-state index in [0.29, 0.717) is 22.3 Å². The molecule has 4 aliphatic carbocycles. The minimum Gasteiger partial charge on any atom is -0.380 e. The van der Waals surface area contributed by atoms with Gasteiger partial charge in [-0.25, -0.2) is 0 Å². The van der Waals surface area contributed by atoms with Gasteiger partial charge in [-0.05, 0) is 74.2 Å². The first-order chi connectivity index (χ1) is 9.43. The highest BCUT2D eigenvalue weighted by molar-refractivity contribution is 5.13. The molecule has 0 heterocycles. The standard InChI is InChI=1S/C18H33NO/c1-5-19-15(10-20-6-2)18-9-14-7-16(3,12-18)11-17(4,8-14)13-18/h14-15,19H,5-13H2,1-4H3. The zero-order valence-electron chi connectivity index (χ0n) is 13.9. The summed E-state index contributed by atoms with van der Waals surface area (Å²) in [6.45, 7) is 12.3. The number of nitrogens with one attached hydrogen (secondary N) is 1. The zero-order chi connectivity index (χ0) is 14.4. The summed E-state index contributed by atoms with van der Waals surface area (Å²) in [6, 6.07) is 0.564. The van der Waals surface area contributed by atoms with E-state index in [1.165, 1.54) is 38.5 Å². The summed E-state index contributed by atoms with van der Waals surface area (Å²) in [6.07, 6.45) is 8.73. The molecule has 0 spiro atoms. The van der Waals surface area contributed by atoms with Crippen LogP contribution in [0.3, 0.4) is 0 Å². The van der Waals surface area contributed by atoms with Crippen LogP contribution in [0.1, 0.15) is 66.2 Å². The smallest absolute Gasteiger partial charge is 0.0624 e. The van der Waals surface area contributed by atoms with Gasteiger partial charge in [-0.1, -0.05) is 20.8 Å². The van der Waals surface area contributed by atoms with Gasteiger partial charge in [-0.15, -0.1) is 0 Å². The highest BCUT2D eigenvalue weighted by Crippen LogP contribution is 2.70. The molecule has 1 N–H and O–H groups in total. The van der Waals surface area contributed by atoms with Crippen molar-refractivity contribution in [3.63, 3.8) is 0 Å². The first kappa shape index (κ1) is 14.8. The summed E-state index contributed by atoms with van der Waals surface area (Å²) in [7, 11) is 0. The van der Waals surface area contributed by atoms with E-state index in [1.807, 2.05) is 0 Å². The monoisotopic (exact) mass is 279 g/mol. The highest BCUT2D eigenvalue weighted by atomic mass is 16.5. The van der Waals surface area contributed by atoms with Crippen LogP contribution in [0.2, 0.25) is 0 Å². The van der Waals surface area contributed by atoms with Gasteiger partial charge in [-0.3, -0.25) is 0 Å². The number of hydrogen-bond acceptors (Lipinski definition) is 2. The summed E-state index contributed by atoms with van der Waals surface area (Å²) in [4.78, 5) is 0. The molecule has 3 unspecified atom stereocenters. The van der Waals surface area contributed by atoms with Gasteiger partial charge in [-0.2, -0.15) is 0 Å². The largest absolute Gasteiger partial charge is 0.380 e. The first-order valence-electron chi connectivity index (χ1n) is 8.74. The van der Waals surface area contributed by atoms with Crippen LogP contribution in [-0.2, 0) is 4.74 Å². The number of rotatable bonds is 6. The van der Waals surface area contributed by atoms with Crippen molar-refractivity contribution in [3.05, 3.63) is 0 Å². The summed E-state index contributed by atoms with van der Waals surface area (Å²) in [5, 5.41) is 3.78. The molecule has 20 heavy (non-hydrogen) atoms. The minimum atomic E-state index is 0.508. The molecule has 0 saturated heterocycles. The van der Waals surface area contributed by atoms with Gasteiger partial charge in [0.2, 0.25) is 0 Å². The Morgan fingerprint density at radius 2 is 1.70 bits per heavy atom. The van der Waals surface area contributed by atoms with Crippen LogP contribution in [0, 0.1) is 22.2 Å². The maximum Gasteiger partial charge on any atom is 0.0624 e. The average molecular weight is 279 g/mol. The van der Waals surface area contributed by atoms with E-state index >= 15 is 0 Å². The Kier molecular flexibility index (Phi) is 3.70. The van der Waals surface area contributed by atoms with Crippen molar-refractivity contribution in [2.75, 3.05) is 19.8 Å². The minimum absolute atomic E-state index is 0.508. The van der Waals surface area contributed by atoms with Crippen molar-refractivity contribution in [2.45, 2.75) is 72.3 Å². The number of hydrogen-bond donors (Lipinski definition) is 1. The van der Waals surface area contributed by atoms with Gasteiger partial charge in [0.05, 0.1) is 6.61 Å². The van der Waals surface area contributed by atoms with Gasteiger partial charge in [0, 0.05) is 12.6 Å². The van der Waals surface area contributed by atoms with E-state index in [4.69, 9.17) is 4.74 Å². The number of ether oxygens (including phenoxy) is 1. The molecule has 116 valence electrons. The average Bonchev–Trinajstić information content (AvgIpc) is 2.29. The van der Waals surface area contributed by atoms with Crippen molar-refractivity contribution < 1.29 is 4.74 Å². The molecule has 4 aliphatic rings. The summed E-state index contributed by atoms with van der Waals surface area (Å²) >= 11 is 0. The second-order valence-electron chi connectivity index (χ2n) is 8.76. The van der Waals surface area contributed by atoms with Crippen LogP contribution in [0.5, 0.6) is 0 Å². The van der Waals surface area contributed by atoms with Crippen LogP contribution in [-0.4, -0.2) is 25.8 Å². The Labute approximate surface area is 125 Å². The van der Waals surface area contributed by atoms with E-state index in [1.54, 1.807) is 0 Å². The van der Waals surface area contributed by atoms with Crippen LogP contribution in [0.4, 0.5) is 0 Å². The lowest BCUT2D eigenvalue weighted by atomic mass is 9.39. The van der Waals surface area contributed by atoms with Crippen molar-refractivity contribution in [3.8, 4) is 0 Å². The molecular formula is C18H33NO. The van der Waals surface area contributed by atoms with E-state index in [9.17, 15) is 0 Å². The van der Waals surface area contributed by atoms with E-state index in [0.717, 1.165) is 25.7 Å². The van der Waals surface area contributed by atoms with E-state index in [-0.39, 0.29) is 0 Å². The molecule has 0 aromatic carbocycles. The fourth-order valence-electron chi connectivity index (χ4n) is 6.86. The van der Waals surface area contributed by atoms with Crippen LogP contribution < -0.4 is 5.32 Å². The van der Waals surface area contributed by atoms with E-state index in [2.05, 4.69) is 33.0 Å². The summed E-state index contributed by atoms with van der Waals surface area (Å²) in [5.74, 6) is 0.976. The Morgan fingerprint density at radius 3 is 2.20 bits per heavy atom. The Balaban J connectivity index is 1.86. The molecule has 4 fully saturated rings. The Bertz CT molecular complexity index is 348. The third kappa shape index (κ3) is 2.43. The fourth-order valence-corrected chi connectivity index (χ4v) is 6.86. The van der Waals surface area contributed by atoms with Gasteiger partial charge < -0.3 is 10.1 Å². The molecule has 0 aliphatic heterocycles. The molecule has 0 radical (unpaired) electrons. The zero-order valence-corrected chi connectivity index (χ0v) is 13.9. The number of likely N-dealkylation sites (N-methyl/N-ethyl adjacent to an activating group) is 1. The fraction of sp³-hybridized carbons (Fsp3) is 1.00. The lowest BCUT2D eigenvalue weighted by molar-refractivity contribution is -0.164. The van der Waals surface area contributed by atoms with Crippen molar-refractivity contribution in [2.24, 2.45) is 22.2 Å². The lowest BCUT2D eigenvalue weighted by Gasteiger charge is -2.67. The molecule has 4 saturated carbocycles. The molecule has 2 heteroatoms. The molecule has 4 bridgehead atoms. The van der Waals surface area contributed by atoms with Gasteiger partial charge in [0.25, 0.3) is 0 Å². The third-order valence-electron chi connectivity index (χ3n) is 6.35. The van der Waals surface area contributed by atoms with Gasteiger partial charge in [0.1, 0.15) is 0 Å². The maximum atomic E-state index is 5.84. The third-order valence-corrected chi connectivity index (χ3v) is 6.35. The van der Waals surface area contributed by atoms with Crippen molar-refractivity contribution >= 4 is 0 Å². The molecular weight excluding hydrogens is 246 g/mol. The highest BCUT2D eigenvalue weighted by Gasteiger charge is 2.61. The second-order valence-corrected chi connectivity index (χ2v) is 8.76. The normalized spacial score (nSPS) is 47.7. The summed E-state index contributed by atoms with van der Waals surface area (Å²) in [5.41, 5.74) is 1.72. The molecule has 2 nitrogen and oxygen atoms in total. The predicted molar refractivity (Wildman–Crippen MR) is 83.8 cm³/mol. The van der Waals surface area contributed by atoms with Crippen LogP contribution in [0.25, 0.3) is 0 Å². The molecule has 4 rings (SSSR count). The Hall–Kier alpha value is -0.0800. The second kappa shape index (κ2) is 4.98. The van der Waals surface area contributed by atoms with Crippen LogP contribution in [0.15, 0.2) is 0 Å². The Morgan fingerprint density at radius 1 is 1.05 bits per heavy atom. The molecule has 0 aromatic rings. The SMILES string of the molecule is CCNC(COCC)C12CC3CC(C)(CC(C)(C3)C1)C2. The first-order valence-corrected chi connectivity index (χ1v) is 8.74. The quantitative estimate of drug-likeness (QED) is 0.793. The summed E-state index contributed by atoms with van der Waals surface area (Å²) < 4.78 is 5.84. The van der Waals surface area contributed by atoms with Gasteiger partial charge in [0.15, 0.2) is 0 Å². The van der Waals surface area contributed by atoms with Crippen molar-refractivity contribution in [1.29, 1.82) is 0 Å². The van der Waals surface area contributed by atoms with E-state index < -0.39 is 0 Å². The predicted octanol–water partition coefficient (Wildman–Crippen LogP) is 4.00. The molecule has 3 atom stereocenters. The molecule has 0 aromatic heterocycles. The maximum absolute atomic E-state index is 5.84. The van der Waals surface area contributed by atoms with Crippen LogP contribution >= 0.6 is 0 Å². The topological polar surface area (TPSA) is 21.3 Å².